The average molecular weight is 715 g/mol. The van der Waals surface area contributed by atoms with Crippen LogP contribution in [-0.4, -0.2) is 101 Å². The number of anilines is 2. The van der Waals surface area contributed by atoms with E-state index in [-0.39, 0.29) is 42.7 Å². The maximum Gasteiger partial charge on any atom is 0.431 e. The predicted octanol–water partition coefficient (Wildman–Crippen LogP) is 5.92. The highest BCUT2D eigenvalue weighted by Gasteiger charge is 2.36. The maximum absolute atomic E-state index is 14.4. The number of alkyl halides is 3. The standard InChI is InChI=1S/C34H45F3N10O4/c1-20-15-21(17-46-26(20)40-42-28(46)38-24-12-14-45(19-24)31(49)51-33(5,6)7)16-22-10-11-25(34(35,36)37)47-27(22)41-43-29(47)39-23-9-8-13-44(18-23)30(48)50-32(2,3)4/h10-11,15,17,23-24H,8-9,12-14,16,18-19H2,1-7H3,(H,38,42)(H,39,43)/t23-,24-/m1/s1. The van der Waals surface area contributed by atoms with Crippen LogP contribution in [0.3, 0.4) is 0 Å². The Kier molecular flexibility index (Phi) is 9.44. The van der Waals surface area contributed by atoms with Gasteiger partial charge in [-0.3, -0.25) is 8.80 Å². The van der Waals surface area contributed by atoms with Gasteiger partial charge < -0.3 is 29.9 Å². The van der Waals surface area contributed by atoms with E-state index in [4.69, 9.17) is 9.47 Å². The van der Waals surface area contributed by atoms with Crippen molar-refractivity contribution >= 4 is 35.4 Å². The summed E-state index contributed by atoms with van der Waals surface area (Å²) in [5.41, 5.74) is 0.675. The molecule has 6 rings (SSSR count). The minimum atomic E-state index is -4.68. The number of nitrogens with zero attached hydrogens (tertiary/aromatic N) is 8. The van der Waals surface area contributed by atoms with E-state index in [0.717, 1.165) is 21.6 Å². The highest BCUT2D eigenvalue weighted by molar-refractivity contribution is 5.69. The van der Waals surface area contributed by atoms with Crippen molar-refractivity contribution < 1.29 is 32.2 Å². The number of nitrogens with one attached hydrogen (secondary N) is 2. The van der Waals surface area contributed by atoms with E-state index in [0.29, 0.717) is 56.1 Å². The number of aryl methyl sites for hydroxylation is 1. The van der Waals surface area contributed by atoms with Crippen molar-refractivity contribution in [1.29, 1.82) is 0 Å². The fraction of sp³-hybridized carbons (Fsp3) is 0.588. The number of likely N-dealkylation sites (tertiary alicyclic amines) is 2. The summed E-state index contributed by atoms with van der Waals surface area (Å²) in [6.45, 7) is 14.4. The van der Waals surface area contributed by atoms with Crippen LogP contribution >= 0.6 is 0 Å². The van der Waals surface area contributed by atoms with Gasteiger partial charge in [-0.25, -0.2) is 9.59 Å². The smallest absolute Gasteiger partial charge is 0.431 e. The molecule has 0 radical (unpaired) electrons. The Morgan fingerprint density at radius 2 is 1.41 bits per heavy atom. The molecule has 0 saturated carbocycles. The second-order valence-corrected chi connectivity index (χ2v) is 15.3. The minimum Gasteiger partial charge on any atom is -0.444 e. The van der Waals surface area contributed by atoms with Crippen LogP contribution in [0.4, 0.5) is 34.7 Å². The van der Waals surface area contributed by atoms with E-state index >= 15 is 0 Å². The van der Waals surface area contributed by atoms with E-state index in [1.54, 1.807) is 30.6 Å². The monoisotopic (exact) mass is 714 g/mol. The molecular formula is C34H45F3N10O4. The summed E-state index contributed by atoms with van der Waals surface area (Å²) >= 11 is 0. The first kappa shape index (κ1) is 36.0. The quantitative estimate of drug-likeness (QED) is 0.247. The third kappa shape index (κ3) is 8.22. The van der Waals surface area contributed by atoms with Crippen molar-refractivity contribution in [2.75, 3.05) is 36.8 Å². The molecule has 2 aliphatic rings. The van der Waals surface area contributed by atoms with Gasteiger partial charge in [0, 0.05) is 56.4 Å². The second-order valence-electron chi connectivity index (χ2n) is 15.3. The van der Waals surface area contributed by atoms with Gasteiger partial charge in [0.1, 0.15) is 16.9 Å². The van der Waals surface area contributed by atoms with Crippen LogP contribution in [0.1, 0.15) is 83.2 Å². The van der Waals surface area contributed by atoms with Gasteiger partial charge in [-0.1, -0.05) is 12.1 Å². The Hall–Kier alpha value is -4.83. The predicted molar refractivity (Wildman–Crippen MR) is 183 cm³/mol. The Morgan fingerprint density at radius 3 is 2.06 bits per heavy atom. The third-order valence-electron chi connectivity index (χ3n) is 8.64. The van der Waals surface area contributed by atoms with Gasteiger partial charge in [0.05, 0.1) is 0 Å². The highest BCUT2D eigenvalue weighted by Crippen LogP contribution is 2.33. The maximum atomic E-state index is 14.4. The van der Waals surface area contributed by atoms with Gasteiger partial charge in [-0.2, -0.15) is 13.2 Å². The topological polar surface area (TPSA) is 144 Å². The summed E-state index contributed by atoms with van der Waals surface area (Å²) in [5, 5.41) is 23.6. The molecule has 2 N–H and O–H groups in total. The molecule has 2 amide bonds. The number of hydrogen-bond donors (Lipinski definition) is 2. The molecule has 0 unspecified atom stereocenters. The van der Waals surface area contributed by atoms with E-state index in [1.165, 1.54) is 6.07 Å². The Labute approximate surface area is 293 Å². The summed E-state index contributed by atoms with van der Waals surface area (Å²) in [6.07, 6.45) is -1.45. The number of carbonyl (C=O) groups is 2. The average Bonchev–Trinajstić information content (AvgIpc) is 3.76. The van der Waals surface area contributed by atoms with Crippen LogP contribution in [0.15, 0.2) is 24.4 Å². The van der Waals surface area contributed by atoms with Crippen molar-refractivity contribution in [3.05, 3.63) is 46.8 Å². The first-order valence-corrected chi connectivity index (χ1v) is 17.1. The molecule has 17 heteroatoms. The van der Waals surface area contributed by atoms with Crippen LogP contribution < -0.4 is 10.6 Å². The molecule has 2 atom stereocenters. The van der Waals surface area contributed by atoms with Gasteiger partial charge in [0.2, 0.25) is 11.9 Å². The molecule has 51 heavy (non-hydrogen) atoms. The number of aromatic nitrogens is 6. The second kappa shape index (κ2) is 13.4. The molecule has 4 aromatic rings. The van der Waals surface area contributed by atoms with Gasteiger partial charge in [0.15, 0.2) is 11.3 Å². The number of amides is 2. The van der Waals surface area contributed by atoms with Crippen molar-refractivity contribution in [1.82, 2.24) is 39.0 Å². The molecule has 2 fully saturated rings. The number of rotatable bonds is 6. The molecule has 6 heterocycles. The molecule has 4 aromatic heterocycles. The number of pyridine rings is 2. The summed E-state index contributed by atoms with van der Waals surface area (Å²) in [6, 6.07) is 3.95. The van der Waals surface area contributed by atoms with Crippen molar-refractivity contribution in [2.45, 2.75) is 104 Å². The zero-order valence-corrected chi connectivity index (χ0v) is 30.0. The zero-order valence-electron chi connectivity index (χ0n) is 30.0. The van der Waals surface area contributed by atoms with Crippen LogP contribution in [0.5, 0.6) is 0 Å². The first-order chi connectivity index (χ1) is 23.8. The number of halogens is 3. The lowest BCUT2D eigenvalue weighted by molar-refractivity contribution is -0.141. The Bertz CT molecular complexity index is 1930. The van der Waals surface area contributed by atoms with Crippen molar-refractivity contribution in [3.8, 4) is 0 Å². The molecule has 0 spiro atoms. The number of ether oxygens (including phenoxy) is 2. The third-order valence-corrected chi connectivity index (χ3v) is 8.64. The Balaban J connectivity index is 1.23. The summed E-state index contributed by atoms with van der Waals surface area (Å²) < 4.78 is 56.9. The van der Waals surface area contributed by atoms with E-state index in [9.17, 15) is 22.8 Å². The van der Waals surface area contributed by atoms with Crippen LogP contribution in [0, 0.1) is 6.92 Å². The van der Waals surface area contributed by atoms with Crippen LogP contribution in [-0.2, 0) is 22.1 Å². The largest absolute Gasteiger partial charge is 0.444 e. The number of carbonyl (C=O) groups excluding carboxylic acids is 2. The van der Waals surface area contributed by atoms with Crippen LogP contribution in [0.2, 0.25) is 0 Å². The first-order valence-electron chi connectivity index (χ1n) is 17.1. The highest BCUT2D eigenvalue weighted by atomic mass is 19.4. The fourth-order valence-electron chi connectivity index (χ4n) is 6.47. The molecular weight excluding hydrogens is 669 g/mol. The SMILES string of the molecule is Cc1cc(Cc2ccc(C(F)(F)F)n3c(N[C@@H]4CCCN(C(=O)OC(C)(C)C)C4)nnc23)cn2c(N[C@@H]3CCN(C(=O)OC(C)(C)C)C3)nnc12. The van der Waals surface area contributed by atoms with Crippen molar-refractivity contribution in [2.24, 2.45) is 0 Å². The van der Waals surface area contributed by atoms with Gasteiger partial charge >= 0.3 is 18.4 Å². The van der Waals surface area contributed by atoms with Crippen LogP contribution in [0.25, 0.3) is 11.3 Å². The summed E-state index contributed by atoms with van der Waals surface area (Å²) in [5.74, 6) is 0.439. The molecule has 0 aromatic carbocycles. The molecule has 2 aliphatic heterocycles. The molecule has 2 saturated heterocycles. The lowest BCUT2D eigenvalue weighted by atomic mass is 10.1. The number of hydrogen-bond acceptors (Lipinski definition) is 10. The summed E-state index contributed by atoms with van der Waals surface area (Å²) in [7, 11) is 0. The van der Waals surface area contributed by atoms with Gasteiger partial charge in [-0.05, 0) is 84.9 Å². The fourth-order valence-corrected chi connectivity index (χ4v) is 6.47. The Morgan fingerprint density at radius 1 is 0.824 bits per heavy atom. The van der Waals surface area contributed by atoms with Crippen molar-refractivity contribution in [3.63, 3.8) is 0 Å². The normalized spacial score (nSPS) is 18.8. The molecule has 0 bridgehead atoms. The number of fused-ring (bicyclic) bond motifs is 2. The molecule has 14 nitrogen and oxygen atoms in total. The van der Waals surface area contributed by atoms with E-state index in [2.05, 4.69) is 31.0 Å². The van der Waals surface area contributed by atoms with E-state index < -0.39 is 29.2 Å². The lowest BCUT2D eigenvalue weighted by Crippen LogP contribution is -2.47. The van der Waals surface area contributed by atoms with Gasteiger partial charge in [0.25, 0.3) is 0 Å². The molecule has 276 valence electrons. The minimum absolute atomic E-state index is 0.0517. The lowest BCUT2D eigenvalue weighted by Gasteiger charge is -2.34. The molecule has 0 aliphatic carbocycles. The zero-order chi connectivity index (χ0) is 36.9. The van der Waals surface area contributed by atoms with E-state index in [1.807, 2.05) is 44.4 Å². The number of piperidine rings is 1. The summed E-state index contributed by atoms with van der Waals surface area (Å²) in [4.78, 5) is 28.5. The van der Waals surface area contributed by atoms with Gasteiger partial charge in [-0.15, -0.1) is 20.4 Å².